The summed E-state index contributed by atoms with van der Waals surface area (Å²) in [5.74, 6) is 0.878. The molecular weight excluding hydrogens is 324 g/mol. The van der Waals surface area contributed by atoms with Gasteiger partial charge in [0, 0.05) is 28.4 Å². The van der Waals surface area contributed by atoms with Crippen LogP contribution in [0.4, 0.5) is 0 Å². The lowest BCUT2D eigenvalue weighted by atomic mass is 10.2. The Morgan fingerprint density at radius 2 is 2.26 bits per heavy atom. The van der Waals surface area contributed by atoms with Crippen LogP contribution in [0.5, 0.6) is 5.75 Å². The van der Waals surface area contributed by atoms with Crippen LogP contribution in [0.25, 0.3) is 11.3 Å². The molecule has 0 saturated carbocycles. The van der Waals surface area contributed by atoms with Crippen LogP contribution in [-0.4, -0.2) is 25.2 Å². The lowest BCUT2D eigenvalue weighted by Gasteiger charge is -2.06. The van der Waals surface area contributed by atoms with Gasteiger partial charge in [0.2, 0.25) is 0 Å². The van der Waals surface area contributed by atoms with Crippen molar-refractivity contribution in [3.63, 3.8) is 0 Å². The summed E-state index contributed by atoms with van der Waals surface area (Å²) in [5, 5.41) is 6.40. The highest BCUT2D eigenvalue weighted by atomic mass is 79.9. The number of aromatic nitrogens is 1. The Morgan fingerprint density at radius 1 is 1.42 bits per heavy atom. The summed E-state index contributed by atoms with van der Waals surface area (Å²) < 4.78 is 6.50. The lowest BCUT2D eigenvalue weighted by molar-refractivity contribution is 0.340. The number of halogens is 1. The molecule has 0 bridgehead atoms. The van der Waals surface area contributed by atoms with Gasteiger partial charge in [0.25, 0.3) is 0 Å². The maximum absolute atomic E-state index is 5.48. The van der Waals surface area contributed by atoms with Crippen molar-refractivity contribution in [2.45, 2.75) is 13.3 Å². The summed E-state index contributed by atoms with van der Waals surface area (Å²) >= 11 is 5.29. The van der Waals surface area contributed by atoms with E-state index in [9.17, 15) is 0 Å². The second-order valence-corrected chi connectivity index (χ2v) is 5.85. The zero-order valence-corrected chi connectivity index (χ0v) is 13.5. The number of thiazole rings is 1. The molecule has 2 aromatic rings. The van der Waals surface area contributed by atoms with Crippen molar-refractivity contribution in [1.29, 1.82) is 0 Å². The maximum Gasteiger partial charge on any atom is 0.120 e. The summed E-state index contributed by atoms with van der Waals surface area (Å²) in [6, 6.07) is 6.02. The number of ether oxygens (including phenoxy) is 1. The van der Waals surface area contributed by atoms with Crippen LogP contribution in [0, 0.1) is 0 Å². The molecule has 0 unspecified atom stereocenters. The van der Waals surface area contributed by atoms with E-state index in [1.807, 2.05) is 32.2 Å². The standard InChI is InChI=1S/C14H17BrN2OS/c1-3-18-10-4-5-11(12(15)8-10)13-9-19-14(17-13)6-7-16-2/h4-5,8-9,16H,3,6-7H2,1-2H3. The molecule has 0 radical (unpaired) electrons. The predicted octanol–water partition coefficient (Wildman–Crippen LogP) is 3.73. The fourth-order valence-corrected chi connectivity index (χ4v) is 3.10. The molecule has 0 fully saturated rings. The van der Waals surface area contributed by atoms with Crippen molar-refractivity contribution in [2.75, 3.05) is 20.2 Å². The molecular formula is C14H17BrN2OS. The molecule has 0 amide bonds. The highest BCUT2D eigenvalue weighted by Crippen LogP contribution is 2.32. The third-order valence-corrected chi connectivity index (χ3v) is 4.23. The number of rotatable bonds is 6. The monoisotopic (exact) mass is 340 g/mol. The van der Waals surface area contributed by atoms with Crippen LogP contribution in [0.15, 0.2) is 28.1 Å². The summed E-state index contributed by atoms with van der Waals surface area (Å²) in [6.45, 7) is 3.62. The van der Waals surface area contributed by atoms with Gasteiger partial charge in [0.05, 0.1) is 17.3 Å². The smallest absolute Gasteiger partial charge is 0.120 e. The molecule has 0 aliphatic heterocycles. The van der Waals surface area contributed by atoms with Crippen molar-refractivity contribution in [3.05, 3.63) is 33.1 Å². The highest BCUT2D eigenvalue weighted by Gasteiger charge is 2.09. The van der Waals surface area contributed by atoms with E-state index in [0.29, 0.717) is 6.61 Å². The minimum Gasteiger partial charge on any atom is -0.494 e. The van der Waals surface area contributed by atoms with Crippen LogP contribution in [0.3, 0.4) is 0 Å². The predicted molar refractivity (Wildman–Crippen MR) is 84.0 cm³/mol. The Hall–Kier alpha value is -0.910. The molecule has 1 N–H and O–H groups in total. The Labute approximate surface area is 126 Å². The average Bonchev–Trinajstić information content (AvgIpc) is 2.85. The topological polar surface area (TPSA) is 34.1 Å². The van der Waals surface area contributed by atoms with E-state index < -0.39 is 0 Å². The first kappa shape index (κ1) is 14.5. The van der Waals surface area contributed by atoms with E-state index in [2.05, 4.69) is 31.6 Å². The van der Waals surface area contributed by atoms with Gasteiger partial charge < -0.3 is 10.1 Å². The first-order valence-corrected chi connectivity index (χ1v) is 7.93. The molecule has 0 aliphatic carbocycles. The van der Waals surface area contributed by atoms with E-state index in [0.717, 1.165) is 39.5 Å². The first-order chi connectivity index (χ1) is 9.24. The van der Waals surface area contributed by atoms with Gasteiger partial charge in [-0.15, -0.1) is 11.3 Å². The van der Waals surface area contributed by atoms with Crippen molar-refractivity contribution >= 4 is 27.3 Å². The van der Waals surface area contributed by atoms with Gasteiger partial charge in [0.15, 0.2) is 0 Å². The second-order valence-electron chi connectivity index (χ2n) is 4.05. The average molecular weight is 341 g/mol. The summed E-state index contributed by atoms with van der Waals surface area (Å²) in [7, 11) is 1.96. The number of hydrogen-bond acceptors (Lipinski definition) is 4. The van der Waals surface area contributed by atoms with Crippen molar-refractivity contribution < 1.29 is 4.74 Å². The van der Waals surface area contributed by atoms with Gasteiger partial charge in [-0.05, 0) is 48.1 Å². The van der Waals surface area contributed by atoms with Crippen molar-refractivity contribution in [3.8, 4) is 17.0 Å². The van der Waals surface area contributed by atoms with Gasteiger partial charge in [-0.2, -0.15) is 0 Å². The van der Waals surface area contributed by atoms with E-state index >= 15 is 0 Å². The van der Waals surface area contributed by atoms with Crippen molar-refractivity contribution in [1.82, 2.24) is 10.3 Å². The van der Waals surface area contributed by atoms with Gasteiger partial charge in [0.1, 0.15) is 5.75 Å². The molecule has 5 heteroatoms. The number of nitrogens with one attached hydrogen (secondary N) is 1. The van der Waals surface area contributed by atoms with E-state index in [4.69, 9.17) is 4.74 Å². The molecule has 19 heavy (non-hydrogen) atoms. The molecule has 1 aromatic carbocycles. The van der Waals surface area contributed by atoms with E-state index in [1.165, 1.54) is 0 Å². The second kappa shape index (κ2) is 7.03. The molecule has 2 rings (SSSR count). The Bertz CT molecular complexity index is 542. The molecule has 3 nitrogen and oxygen atoms in total. The van der Waals surface area contributed by atoms with E-state index in [-0.39, 0.29) is 0 Å². The zero-order chi connectivity index (χ0) is 13.7. The highest BCUT2D eigenvalue weighted by molar-refractivity contribution is 9.10. The molecule has 0 saturated heterocycles. The largest absolute Gasteiger partial charge is 0.494 e. The normalized spacial score (nSPS) is 10.7. The van der Waals surface area contributed by atoms with Gasteiger partial charge in [-0.25, -0.2) is 4.98 Å². The van der Waals surface area contributed by atoms with Crippen LogP contribution >= 0.6 is 27.3 Å². The minimum absolute atomic E-state index is 0.677. The molecule has 0 spiro atoms. The Balaban J connectivity index is 2.19. The lowest BCUT2D eigenvalue weighted by Crippen LogP contribution is -2.09. The fourth-order valence-electron chi connectivity index (χ4n) is 1.74. The summed E-state index contributed by atoms with van der Waals surface area (Å²) in [5.41, 5.74) is 2.13. The Morgan fingerprint density at radius 3 is 2.95 bits per heavy atom. The SMILES string of the molecule is CCOc1ccc(-c2csc(CCNC)n2)c(Br)c1. The Kier molecular flexibility index (Phi) is 5.36. The molecule has 0 aliphatic rings. The molecule has 1 heterocycles. The molecule has 0 atom stereocenters. The minimum atomic E-state index is 0.677. The summed E-state index contributed by atoms with van der Waals surface area (Å²) in [6.07, 6.45) is 0.968. The number of nitrogens with zero attached hydrogens (tertiary/aromatic N) is 1. The number of hydrogen-bond donors (Lipinski definition) is 1. The van der Waals surface area contributed by atoms with Crippen LogP contribution in [0.2, 0.25) is 0 Å². The fraction of sp³-hybridized carbons (Fsp3) is 0.357. The van der Waals surface area contributed by atoms with E-state index in [1.54, 1.807) is 11.3 Å². The third-order valence-electron chi connectivity index (χ3n) is 2.67. The van der Waals surface area contributed by atoms with Crippen LogP contribution < -0.4 is 10.1 Å². The van der Waals surface area contributed by atoms with Gasteiger partial charge in [-0.1, -0.05) is 0 Å². The van der Waals surface area contributed by atoms with Gasteiger partial charge in [-0.3, -0.25) is 0 Å². The van der Waals surface area contributed by atoms with Gasteiger partial charge >= 0.3 is 0 Å². The summed E-state index contributed by atoms with van der Waals surface area (Å²) in [4.78, 5) is 4.66. The first-order valence-electron chi connectivity index (χ1n) is 6.26. The number of likely N-dealkylation sites (N-methyl/N-ethyl adjacent to an activating group) is 1. The van der Waals surface area contributed by atoms with Crippen molar-refractivity contribution in [2.24, 2.45) is 0 Å². The maximum atomic E-state index is 5.48. The molecule has 102 valence electrons. The van der Waals surface area contributed by atoms with Crippen LogP contribution in [-0.2, 0) is 6.42 Å². The molecule has 1 aromatic heterocycles. The number of benzene rings is 1. The van der Waals surface area contributed by atoms with Crippen LogP contribution in [0.1, 0.15) is 11.9 Å². The zero-order valence-electron chi connectivity index (χ0n) is 11.1. The quantitative estimate of drug-likeness (QED) is 0.869. The third kappa shape index (κ3) is 3.78.